The van der Waals surface area contributed by atoms with Gasteiger partial charge >= 0.3 is 5.69 Å². The number of aromatic amines is 1. The predicted octanol–water partition coefficient (Wildman–Crippen LogP) is 3.18. The van der Waals surface area contributed by atoms with E-state index in [1.807, 2.05) is 13.0 Å². The minimum Gasteiger partial charge on any atom is -0.497 e. The molecule has 0 radical (unpaired) electrons. The Balaban J connectivity index is 1.66. The minimum atomic E-state index is -0.412. The first-order valence-corrected chi connectivity index (χ1v) is 8.66. The summed E-state index contributed by atoms with van der Waals surface area (Å²) in [6.07, 6.45) is 8.47. The Labute approximate surface area is 160 Å². The van der Waals surface area contributed by atoms with Crippen LogP contribution in [0.15, 0.2) is 66.1 Å². The molecule has 3 heterocycles. The van der Waals surface area contributed by atoms with E-state index < -0.39 is 5.82 Å². The number of hydrogen-bond donors (Lipinski definition) is 1. The summed E-state index contributed by atoms with van der Waals surface area (Å²) >= 11 is 0. The van der Waals surface area contributed by atoms with Gasteiger partial charge in [-0.3, -0.25) is 14.2 Å². The van der Waals surface area contributed by atoms with Crippen LogP contribution in [0.25, 0.3) is 16.9 Å². The second-order valence-corrected chi connectivity index (χ2v) is 6.35. The van der Waals surface area contributed by atoms with Crippen molar-refractivity contribution < 1.29 is 9.13 Å². The van der Waals surface area contributed by atoms with Crippen molar-refractivity contribution in [1.82, 2.24) is 24.3 Å². The molecule has 8 heteroatoms. The number of nitrogens with zero attached hydrogens (tertiary/aromatic N) is 4. The molecule has 142 valence electrons. The predicted molar refractivity (Wildman–Crippen MR) is 102 cm³/mol. The van der Waals surface area contributed by atoms with Gasteiger partial charge in [0.15, 0.2) is 0 Å². The molecule has 1 unspecified atom stereocenters. The Morgan fingerprint density at radius 2 is 2.00 bits per heavy atom. The molecule has 3 aromatic heterocycles. The molecule has 7 nitrogen and oxygen atoms in total. The van der Waals surface area contributed by atoms with Gasteiger partial charge in [0.05, 0.1) is 19.3 Å². The quantitative estimate of drug-likeness (QED) is 0.578. The van der Waals surface area contributed by atoms with Gasteiger partial charge < -0.3 is 4.74 Å². The first-order chi connectivity index (χ1) is 13.6. The zero-order valence-electron chi connectivity index (χ0n) is 15.3. The second-order valence-electron chi connectivity index (χ2n) is 6.35. The van der Waals surface area contributed by atoms with Gasteiger partial charge in [-0.15, -0.1) is 0 Å². The molecule has 0 aliphatic rings. The van der Waals surface area contributed by atoms with Crippen molar-refractivity contribution in [2.45, 2.75) is 13.0 Å². The van der Waals surface area contributed by atoms with Crippen molar-refractivity contribution >= 4 is 0 Å². The molecular formula is C20H18FN5O2. The molecule has 28 heavy (non-hydrogen) atoms. The molecule has 0 aliphatic carbocycles. The molecule has 1 atom stereocenters. The number of nitrogens with one attached hydrogen (secondary N) is 1. The lowest BCUT2D eigenvalue weighted by atomic mass is 10.1. The molecule has 0 spiro atoms. The van der Waals surface area contributed by atoms with Crippen LogP contribution in [0.3, 0.4) is 0 Å². The van der Waals surface area contributed by atoms with Gasteiger partial charge in [-0.2, -0.15) is 5.10 Å². The van der Waals surface area contributed by atoms with E-state index in [0.29, 0.717) is 17.1 Å². The van der Waals surface area contributed by atoms with Crippen LogP contribution in [0, 0.1) is 5.82 Å². The smallest absolute Gasteiger partial charge is 0.334 e. The number of benzene rings is 1. The Morgan fingerprint density at radius 1 is 1.14 bits per heavy atom. The largest absolute Gasteiger partial charge is 0.497 e. The van der Waals surface area contributed by atoms with Gasteiger partial charge in [0.25, 0.3) is 0 Å². The molecule has 0 bridgehead atoms. The number of pyridine rings is 1. The Morgan fingerprint density at radius 3 is 2.68 bits per heavy atom. The van der Waals surface area contributed by atoms with Crippen molar-refractivity contribution in [3.8, 4) is 22.7 Å². The van der Waals surface area contributed by atoms with Crippen molar-refractivity contribution in [2.75, 3.05) is 7.11 Å². The van der Waals surface area contributed by atoms with Crippen molar-refractivity contribution in [1.29, 1.82) is 0 Å². The van der Waals surface area contributed by atoms with E-state index >= 15 is 0 Å². The summed E-state index contributed by atoms with van der Waals surface area (Å²) in [5.41, 5.74) is 2.18. The average Bonchev–Trinajstić information content (AvgIpc) is 3.37. The summed E-state index contributed by atoms with van der Waals surface area (Å²) in [6, 6.07) is 7.69. The van der Waals surface area contributed by atoms with E-state index in [-0.39, 0.29) is 11.7 Å². The number of rotatable bonds is 5. The third-order valence-corrected chi connectivity index (χ3v) is 4.66. The molecule has 1 N–H and O–H groups in total. The van der Waals surface area contributed by atoms with Crippen LogP contribution in [-0.2, 0) is 0 Å². The maximum absolute atomic E-state index is 13.8. The van der Waals surface area contributed by atoms with Crippen molar-refractivity contribution in [2.24, 2.45) is 0 Å². The summed E-state index contributed by atoms with van der Waals surface area (Å²) in [7, 11) is 1.48. The van der Waals surface area contributed by atoms with Crippen LogP contribution in [-0.4, -0.2) is 31.4 Å². The van der Waals surface area contributed by atoms with Gasteiger partial charge in [0, 0.05) is 42.0 Å². The normalized spacial score (nSPS) is 12.1. The van der Waals surface area contributed by atoms with Gasteiger partial charge in [0.2, 0.25) is 0 Å². The zero-order chi connectivity index (χ0) is 19.7. The number of methoxy groups -OCH3 is 1. The third kappa shape index (κ3) is 3.20. The van der Waals surface area contributed by atoms with Crippen molar-refractivity contribution in [3.63, 3.8) is 0 Å². The first-order valence-electron chi connectivity index (χ1n) is 8.66. The van der Waals surface area contributed by atoms with Crippen LogP contribution in [0.2, 0.25) is 0 Å². The Hall–Kier alpha value is -3.68. The number of ether oxygens (including phenoxy) is 1. The molecule has 0 aliphatic heterocycles. The number of halogens is 1. The van der Waals surface area contributed by atoms with Crippen LogP contribution >= 0.6 is 0 Å². The molecule has 0 saturated carbocycles. The molecule has 4 rings (SSSR count). The topological polar surface area (TPSA) is 77.7 Å². The molecule has 1 aromatic carbocycles. The molecule has 0 saturated heterocycles. The summed E-state index contributed by atoms with van der Waals surface area (Å²) in [6.45, 7) is 1.83. The van der Waals surface area contributed by atoms with E-state index in [4.69, 9.17) is 4.74 Å². The van der Waals surface area contributed by atoms with Gasteiger partial charge in [-0.25, -0.2) is 14.2 Å². The molecule has 4 aromatic rings. The lowest BCUT2D eigenvalue weighted by Crippen LogP contribution is -2.26. The fraction of sp³-hybridized carbons (Fsp3) is 0.150. The van der Waals surface area contributed by atoms with Gasteiger partial charge in [0.1, 0.15) is 17.4 Å². The minimum absolute atomic E-state index is 0.265. The summed E-state index contributed by atoms with van der Waals surface area (Å²) in [5, 5.41) is 6.67. The molecule has 0 amide bonds. The highest BCUT2D eigenvalue weighted by atomic mass is 19.1. The Kier molecular flexibility index (Phi) is 4.52. The second kappa shape index (κ2) is 7.15. The number of H-pyrrole nitrogens is 1. The summed E-state index contributed by atoms with van der Waals surface area (Å²) < 4.78 is 21.9. The summed E-state index contributed by atoms with van der Waals surface area (Å²) in [4.78, 5) is 17.3. The number of hydrogen-bond acceptors (Lipinski definition) is 4. The number of aromatic nitrogens is 5. The van der Waals surface area contributed by atoms with Crippen LogP contribution < -0.4 is 10.4 Å². The Bertz CT molecular complexity index is 1150. The van der Waals surface area contributed by atoms with E-state index in [1.165, 1.54) is 28.4 Å². The SMILES string of the molecule is COc1cc(F)cc(C(C)n2ccn(-c3ccc(-c4cn[nH]c4)cn3)c2=O)c1. The zero-order valence-corrected chi connectivity index (χ0v) is 15.3. The highest BCUT2D eigenvalue weighted by molar-refractivity contribution is 5.60. The van der Waals surface area contributed by atoms with E-state index in [1.54, 1.807) is 43.1 Å². The van der Waals surface area contributed by atoms with Crippen LogP contribution in [0.4, 0.5) is 4.39 Å². The molecular weight excluding hydrogens is 361 g/mol. The maximum Gasteiger partial charge on any atom is 0.334 e. The fourth-order valence-corrected chi connectivity index (χ4v) is 3.07. The van der Waals surface area contributed by atoms with Gasteiger partial charge in [-0.1, -0.05) is 0 Å². The maximum atomic E-state index is 13.8. The third-order valence-electron chi connectivity index (χ3n) is 4.66. The highest BCUT2D eigenvalue weighted by Crippen LogP contribution is 2.23. The lowest BCUT2D eigenvalue weighted by Gasteiger charge is -2.14. The number of imidazole rings is 1. The average molecular weight is 379 g/mol. The van der Waals surface area contributed by atoms with E-state index in [2.05, 4.69) is 15.2 Å². The standard InChI is InChI=1S/C20H18FN5O2/c1-13(15-7-17(21)9-18(8-15)28-2)25-5-6-26(20(25)27)19-4-3-14(10-22-19)16-11-23-24-12-16/h3-13H,1-2H3,(H,23,24). The first kappa shape index (κ1) is 17.7. The van der Waals surface area contributed by atoms with Gasteiger partial charge in [-0.05, 0) is 36.8 Å². The lowest BCUT2D eigenvalue weighted by molar-refractivity contribution is 0.409. The van der Waals surface area contributed by atoms with E-state index in [0.717, 1.165) is 11.1 Å². The summed E-state index contributed by atoms with van der Waals surface area (Å²) in [5.74, 6) is 0.496. The fourth-order valence-electron chi connectivity index (χ4n) is 3.07. The van der Waals surface area contributed by atoms with Crippen LogP contribution in [0.1, 0.15) is 18.5 Å². The molecule has 0 fully saturated rings. The van der Waals surface area contributed by atoms with E-state index in [9.17, 15) is 9.18 Å². The monoisotopic (exact) mass is 379 g/mol. The van der Waals surface area contributed by atoms with Crippen molar-refractivity contribution in [3.05, 3.63) is 83.2 Å². The highest BCUT2D eigenvalue weighted by Gasteiger charge is 2.15. The van der Waals surface area contributed by atoms with Crippen LogP contribution in [0.5, 0.6) is 5.75 Å².